The highest BCUT2D eigenvalue weighted by Crippen LogP contribution is 2.26. The van der Waals surface area contributed by atoms with Crippen molar-refractivity contribution in [3.05, 3.63) is 28.8 Å². The van der Waals surface area contributed by atoms with Gasteiger partial charge in [0.25, 0.3) is 0 Å². The van der Waals surface area contributed by atoms with Crippen molar-refractivity contribution in [1.82, 2.24) is 5.32 Å². The van der Waals surface area contributed by atoms with Crippen molar-refractivity contribution >= 4 is 0 Å². The molecule has 1 unspecified atom stereocenters. The number of aryl methyl sites for hydroxylation is 2. The van der Waals surface area contributed by atoms with E-state index in [1.54, 1.807) is 0 Å². The Morgan fingerprint density at radius 3 is 2.45 bits per heavy atom. The van der Waals surface area contributed by atoms with Crippen molar-refractivity contribution in [3.63, 3.8) is 0 Å². The molecule has 0 saturated carbocycles. The molecule has 0 fully saturated rings. The summed E-state index contributed by atoms with van der Waals surface area (Å²) in [4.78, 5) is 0. The number of rotatable bonds is 8. The predicted molar refractivity (Wildman–Crippen MR) is 84.5 cm³/mol. The van der Waals surface area contributed by atoms with Crippen molar-refractivity contribution < 1.29 is 9.84 Å². The van der Waals surface area contributed by atoms with Gasteiger partial charge in [0.15, 0.2) is 0 Å². The van der Waals surface area contributed by atoms with Crippen LogP contribution < -0.4 is 10.1 Å². The summed E-state index contributed by atoms with van der Waals surface area (Å²) in [5, 5.41) is 12.8. The van der Waals surface area contributed by atoms with Gasteiger partial charge in [0.1, 0.15) is 5.75 Å². The zero-order chi connectivity index (χ0) is 15.2. The lowest BCUT2D eigenvalue weighted by Gasteiger charge is -2.28. The van der Waals surface area contributed by atoms with Crippen LogP contribution in [-0.4, -0.2) is 30.4 Å². The number of hydrogen-bond acceptors (Lipinski definition) is 3. The molecule has 0 spiro atoms. The average molecular weight is 279 g/mol. The van der Waals surface area contributed by atoms with Gasteiger partial charge in [-0.15, -0.1) is 0 Å². The maximum Gasteiger partial charge on any atom is 0.125 e. The fourth-order valence-electron chi connectivity index (χ4n) is 2.43. The van der Waals surface area contributed by atoms with Gasteiger partial charge in [0, 0.05) is 5.54 Å². The highest BCUT2D eigenvalue weighted by atomic mass is 16.5. The molecular formula is C17H29NO2. The second-order valence-corrected chi connectivity index (χ2v) is 5.85. The molecule has 0 aliphatic heterocycles. The minimum absolute atomic E-state index is 0.156. The Bertz CT molecular complexity index is 431. The summed E-state index contributed by atoms with van der Waals surface area (Å²) in [6.45, 7) is 12.1. The smallest absolute Gasteiger partial charge is 0.125 e. The van der Waals surface area contributed by atoms with Crippen LogP contribution in [0.4, 0.5) is 0 Å². The Hall–Kier alpha value is -1.06. The molecule has 0 saturated heterocycles. The molecule has 2 N–H and O–H groups in total. The maximum atomic E-state index is 9.45. The topological polar surface area (TPSA) is 41.5 Å². The van der Waals surface area contributed by atoms with Crippen LogP contribution in [0.25, 0.3) is 0 Å². The largest absolute Gasteiger partial charge is 0.493 e. The third-order valence-electron chi connectivity index (χ3n) is 3.95. The number of benzene rings is 1. The Kier molecular flexibility index (Phi) is 6.50. The Labute approximate surface area is 123 Å². The van der Waals surface area contributed by atoms with Gasteiger partial charge >= 0.3 is 0 Å². The van der Waals surface area contributed by atoms with E-state index < -0.39 is 0 Å². The van der Waals surface area contributed by atoms with Crippen LogP contribution in [0.5, 0.6) is 5.75 Å². The Morgan fingerprint density at radius 1 is 1.20 bits per heavy atom. The van der Waals surface area contributed by atoms with E-state index in [1.807, 2.05) is 0 Å². The monoisotopic (exact) mass is 279 g/mol. The van der Waals surface area contributed by atoms with Crippen molar-refractivity contribution in [1.29, 1.82) is 0 Å². The number of aliphatic hydroxyl groups excluding tert-OH is 1. The van der Waals surface area contributed by atoms with E-state index in [9.17, 15) is 5.11 Å². The van der Waals surface area contributed by atoms with E-state index in [4.69, 9.17) is 4.74 Å². The van der Waals surface area contributed by atoms with Crippen LogP contribution in [-0.2, 0) is 0 Å². The molecule has 1 rings (SSSR count). The molecule has 0 bridgehead atoms. The van der Waals surface area contributed by atoms with Gasteiger partial charge in [-0.05, 0) is 63.8 Å². The fraction of sp³-hybridized carbons (Fsp3) is 0.647. The quantitative estimate of drug-likeness (QED) is 0.718. The molecule has 3 nitrogen and oxygen atoms in total. The molecule has 0 radical (unpaired) electrons. The summed E-state index contributed by atoms with van der Waals surface area (Å²) in [7, 11) is 0. The molecule has 1 aromatic rings. The van der Waals surface area contributed by atoms with E-state index in [2.05, 4.69) is 52.1 Å². The lowest BCUT2D eigenvalue weighted by Crippen LogP contribution is -2.45. The van der Waals surface area contributed by atoms with Gasteiger partial charge in [0.05, 0.1) is 13.2 Å². The van der Waals surface area contributed by atoms with E-state index in [-0.39, 0.29) is 12.1 Å². The molecule has 0 aliphatic rings. The van der Waals surface area contributed by atoms with E-state index in [1.165, 1.54) is 16.7 Å². The zero-order valence-corrected chi connectivity index (χ0v) is 13.5. The summed E-state index contributed by atoms with van der Waals surface area (Å²) >= 11 is 0. The van der Waals surface area contributed by atoms with Gasteiger partial charge < -0.3 is 15.2 Å². The summed E-state index contributed by atoms with van der Waals surface area (Å²) in [6.07, 6.45) is 1.83. The fourth-order valence-corrected chi connectivity index (χ4v) is 2.43. The molecule has 3 heteroatoms. The first-order chi connectivity index (χ1) is 9.43. The second-order valence-electron chi connectivity index (χ2n) is 5.85. The number of aliphatic hydroxyl groups is 1. The van der Waals surface area contributed by atoms with Gasteiger partial charge in [-0.2, -0.15) is 0 Å². The highest BCUT2D eigenvalue weighted by molar-refractivity contribution is 5.44. The number of hydrogen-bond donors (Lipinski definition) is 2. The van der Waals surface area contributed by atoms with Crippen LogP contribution in [0.1, 0.15) is 43.4 Å². The lowest BCUT2D eigenvalue weighted by molar-refractivity contribution is 0.157. The standard InChI is InChI=1S/C17H29NO2/c1-6-18-17(5,12-19)10-7-11-20-16-14(3)9-8-13(2)15(16)4/h8-9,18-19H,6-7,10-12H2,1-5H3. The molecule has 1 aromatic carbocycles. The first kappa shape index (κ1) is 17.0. The van der Waals surface area contributed by atoms with Gasteiger partial charge in [0.2, 0.25) is 0 Å². The van der Waals surface area contributed by atoms with Crippen molar-refractivity contribution in [3.8, 4) is 5.75 Å². The van der Waals surface area contributed by atoms with Crippen LogP contribution >= 0.6 is 0 Å². The third-order valence-corrected chi connectivity index (χ3v) is 3.95. The van der Waals surface area contributed by atoms with Gasteiger partial charge in [-0.1, -0.05) is 19.1 Å². The van der Waals surface area contributed by atoms with Gasteiger partial charge in [-0.3, -0.25) is 0 Å². The molecule has 0 aliphatic carbocycles. The van der Waals surface area contributed by atoms with Crippen LogP contribution in [0.15, 0.2) is 12.1 Å². The van der Waals surface area contributed by atoms with Crippen molar-refractivity contribution in [2.45, 2.75) is 53.0 Å². The minimum atomic E-state index is -0.200. The molecule has 0 amide bonds. The van der Waals surface area contributed by atoms with Crippen LogP contribution in [0, 0.1) is 20.8 Å². The SMILES string of the molecule is CCNC(C)(CO)CCCOc1c(C)ccc(C)c1C. The van der Waals surface area contributed by atoms with E-state index in [0.717, 1.165) is 25.1 Å². The highest BCUT2D eigenvalue weighted by Gasteiger charge is 2.21. The van der Waals surface area contributed by atoms with Crippen molar-refractivity contribution in [2.24, 2.45) is 0 Å². The molecule has 20 heavy (non-hydrogen) atoms. The molecule has 0 heterocycles. The normalized spacial score (nSPS) is 14.1. The molecule has 114 valence electrons. The predicted octanol–water partition coefficient (Wildman–Crippen LogP) is 3.13. The number of nitrogens with one attached hydrogen (secondary N) is 1. The number of ether oxygens (including phenoxy) is 1. The summed E-state index contributed by atoms with van der Waals surface area (Å²) in [6, 6.07) is 4.24. The van der Waals surface area contributed by atoms with E-state index >= 15 is 0 Å². The summed E-state index contributed by atoms with van der Waals surface area (Å²) in [5.41, 5.74) is 3.47. The molecule has 1 atom stereocenters. The first-order valence-electron chi connectivity index (χ1n) is 7.49. The van der Waals surface area contributed by atoms with Gasteiger partial charge in [-0.25, -0.2) is 0 Å². The second kappa shape index (κ2) is 7.65. The molecular weight excluding hydrogens is 250 g/mol. The average Bonchev–Trinajstić information content (AvgIpc) is 2.42. The Morgan fingerprint density at radius 2 is 1.85 bits per heavy atom. The van der Waals surface area contributed by atoms with Crippen molar-refractivity contribution in [2.75, 3.05) is 19.8 Å². The van der Waals surface area contributed by atoms with Crippen LogP contribution in [0.2, 0.25) is 0 Å². The first-order valence-corrected chi connectivity index (χ1v) is 7.49. The third kappa shape index (κ3) is 4.50. The summed E-state index contributed by atoms with van der Waals surface area (Å²) in [5.74, 6) is 1.01. The van der Waals surface area contributed by atoms with Crippen LogP contribution in [0.3, 0.4) is 0 Å². The Balaban J connectivity index is 2.51. The molecule has 0 aromatic heterocycles. The number of likely N-dealkylation sites (N-methyl/N-ethyl adjacent to an activating group) is 1. The minimum Gasteiger partial charge on any atom is -0.493 e. The summed E-state index contributed by atoms with van der Waals surface area (Å²) < 4.78 is 5.96. The zero-order valence-electron chi connectivity index (χ0n) is 13.5. The lowest BCUT2D eigenvalue weighted by atomic mass is 9.97. The maximum absolute atomic E-state index is 9.45. The van der Waals surface area contributed by atoms with E-state index in [0.29, 0.717) is 6.61 Å².